The summed E-state index contributed by atoms with van der Waals surface area (Å²) in [4.78, 5) is 5.20. The van der Waals surface area contributed by atoms with Crippen molar-refractivity contribution in [1.82, 2.24) is 9.80 Å². The van der Waals surface area contributed by atoms with Gasteiger partial charge >= 0.3 is 0 Å². The van der Waals surface area contributed by atoms with Crippen molar-refractivity contribution in [2.75, 3.05) is 26.7 Å². The molecule has 2 aliphatic rings. The van der Waals surface area contributed by atoms with Crippen molar-refractivity contribution in [2.45, 2.75) is 52.1 Å². The highest BCUT2D eigenvalue weighted by Gasteiger charge is 2.48. The maximum atomic E-state index is 2.70. The fourth-order valence-corrected chi connectivity index (χ4v) is 3.67. The summed E-state index contributed by atoms with van der Waals surface area (Å²) in [6, 6.07) is 0.761. The van der Waals surface area contributed by atoms with Gasteiger partial charge in [-0.2, -0.15) is 0 Å². The zero-order valence-electron chi connectivity index (χ0n) is 11.0. The van der Waals surface area contributed by atoms with E-state index in [2.05, 4.69) is 44.5 Å². The Bertz CT molecular complexity index is 243. The Morgan fingerprint density at radius 2 is 1.87 bits per heavy atom. The van der Waals surface area contributed by atoms with Gasteiger partial charge in [0.1, 0.15) is 0 Å². The summed E-state index contributed by atoms with van der Waals surface area (Å²) in [7, 11) is 2.26. The van der Waals surface area contributed by atoms with E-state index in [0.717, 1.165) is 6.04 Å². The quantitative estimate of drug-likeness (QED) is 0.605. The van der Waals surface area contributed by atoms with Gasteiger partial charge in [0, 0.05) is 24.7 Å². The lowest BCUT2D eigenvalue weighted by Crippen LogP contribution is -2.44. The molecule has 0 bridgehead atoms. The molecule has 2 rings (SSSR count). The molecule has 0 N–H and O–H groups in total. The van der Waals surface area contributed by atoms with Gasteiger partial charge in [-0.05, 0) is 59.5 Å². The third-order valence-electron chi connectivity index (χ3n) is 4.26. The van der Waals surface area contributed by atoms with E-state index in [1.54, 1.807) is 0 Å². The van der Waals surface area contributed by atoms with Crippen molar-refractivity contribution in [2.24, 2.45) is 5.41 Å². The molecule has 2 heterocycles. The van der Waals surface area contributed by atoms with Crippen molar-refractivity contribution in [3.8, 4) is 0 Å². The first kappa shape index (κ1) is 11.4. The molecular weight excluding hydrogens is 184 g/mol. The standard InChI is InChI=1S/C13H26N2/c1-11-8-13(6-7-14(5)9-13)10-15(11)12(2,3)4/h11H,6-10H2,1-5H3/t11-,13?/m1/s1. The lowest BCUT2D eigenvalue weighted by atomic mass is 9.85. The molecule has 2 atom stereocenters. The Morgan fingerprint density at radius 3 is 2.27 bits per heavy atom. The van der Waals surface area contributed by atoms with Gasteiger partial charge in [-0.3, -0.25) is 4.90 Å². The summed E-state index contributed by atoms with van der Waals surface area (Å²) in [5.41, 5.74) is 0.950. The van der Waals surface area contributed by atoms with Gasteiger partial charge in [-0.15, -0.1) is 0 Å². The number of likely N-dealkylation sites (tertiary alicyclic amines) is 2. The highest BCUT2D eigenvalue weighted by atomic mass is 15.3. The van der Waals surface area contributed by atoms with Crippen molar-refractivity contribution >= 4 is 0 Å². The van der Waals surface area contributed by atoms with Crippen LogP contribution in [-0.4, -0.2) is 48.1 Å². The summed E-state index contributed by atoms with van der Waals surface area (Å²) < 4.78 is 0. The Balaban J connectivity index is 2.10. The van der Waals surface area contributed by atoms with E-state index in [4.69, 9.17) is 0 Å². The third-order valence-corrected chi connectivity index (χ3v) is 4.26. The maximum Gasteiger partial charge on any atom is 0.0128 e. The van der Waals surface area contributed by atoms with E-state index in [1.165, 1.54) is 32.5 Å². The van der Waals surface area contributed by atoms with Gasteiger partial charge in [0.25, 0.3) is 0 Å². The molecule has 0 aromatic rings. The van der Waals surface area contributed by atoms with Gasteiger partial charge < -0.3 is 4.90 Å². The smallest absolute Gasteiger partial charge is 0.0128 e. The van der Waals surface area contributed by atoms with E-state index >= 15 is 0 Å². The fraction of sp³-hybridized carbons (Fsp3) is 1.00. The topological polar surface area (TPSA) is 6.48 Å². The summed E-state index contributed by atoms with van der Waals surface area (Å²) >= 11 is 0. The Hall–Kier alpha value is -0.0800. The van der Waals surface area contributed by atoms with Crippen molar-refractivity contribution < 1.29 is 0 Å². The molecule has 15 heavy (non-hydrogen) atoms. The molecular formula is C13H26N2. The van der Waals surface area contributed by atoms with Crippen LogP contribution in [0.15, 0.2) is 0 Å². The third kappa shape index (κ3) is 2.07. The fourth-order valence-electron chi connectivity index (χ4n) is 3.67. The van der Waals surface area contributed by atoms with Crippen LogP contribution in [0.4, 0.5) is 0 Å². The minimum Gasteiger partial charge on any atom is -0.306 e. The van der Waals surface area contributed by atoms with E-state index < -0.39 is 0 Å². The summed E-state index contributed by atoms with van der Waals surface area (Å²) in [6.45, 7) is 13.4. The highest BCUT2D eigenvalue weighted by molar-refractivity contribution is 5.02. The number of nitrogens with zero attached hydrogens (tertiary/aromatic N) is 2. The van der Waals surface area contributed by atoms with Crippen LogP contribution in [0.5, 0.6) is 0 Å². The Labute approximate surface area is 94.6 Å². The van der Waals surface area contributed by atoms with Crippen LogP contribution in [0.25, 0.3) is 0 Å². The van der Waals surface area contributed by atoms with E-state index in [0.29, 0.717) is 11.0 Å². The van der Waals surface area contributed by atoms with Crippen molar-refractivity contribution in [3.05, 3.63) is 0 Å². The molecule has 0 radical (unpaired) electrons. The largest absolute Gasteiger partial charge is 0.306 e. The predicted molar refractivity (Wildman–Crippen MR) is 65.1 cm³/mol. The normalized spacial score (nSPS) is 39.4. The molecule has 0 aromatic carbocycles. The van der Waals surface area contributed by atoms with Crippen LogP contribution in [0.2, 0.25) is 0 Å². The first-order chi connectivity index (χ1) is 6.82. The van der Waals surface area contributed by atoms with E-state index in [-0.39, 0.29) is 0 Å². The molecule has 2 heteroatoms. The number of hydrogen-bond acceptors (Lipinski definition) is 2. The number of hydrogen-bond donors (Lipinski definition) is 0. The molecule has 88 valence electrons. The van der Waals surface area contributed by atoms with Gasteiger partial charge in [0.05, 0.1) is 0 Å². The molecule has 0 aromatic heterocycles. The van der Waals surface area contributed by atoms with Crippen LogP contribution in [0, 0.1) is 5.41 Å². The molecule has 2 nitrogen and oxygen atoms in total. The average molecular weight is 210 g/mol. The summed E-state index contributed by atoms with van der Waals surface area (Å²) in [5.74, 6) is 0. The van der Waals surface area contributed by atoms with E-state index in [9.17, 15) is 0 Å². The molecule has 2 aliphatic heterocycles. The molecule has 1 spiro atoms. The minimum atomic E-state index is 0.337. The van der Waals surface area contributed by atoms with Crippen LogP contribution >= 0.6 is 0 Å². The highest BCUT2D eigenvalue weighted by Crippen LogP contribution is 2.44. The van der Waals surface area contributed by atoms with Crippen molar-refractivity contribution in [3.63, 3.8) is 0 Å². The van der Waals surface area contributed by atoms with Gasteiger partial charge in [0.2, 0.25) is 0 Å². The van der Waals surface area contributed by atoms with Crippen LogP contribution in [0.1, 0.15) is 40.5 Å². The van der Waals surface area contributed by atoms with Gasteiger partial charge in [-0.1, -0.05) is 0 Å². The number of rotatable bonds is 0. The minimum absolute atomic E-state index is 0.337. The summed E-state index contributed by atoms with van der Waals surface area (Å²) in [5, 5.41) is 0. The SMILES string of the molecule is C[C@@H]1CC2(CCN(C)C2)CN1C(C)(C)C. The molecule has 0 saturated carbocycles. The lowest BCUT2D eigenvalue weighted by Gasteiger charge is -2.36. The van der Waals surface area contributed by atoms with Gasteiger partial charge in [-0.25, -0.2) is 0 Å². The lowest BCUT2D eigenvalue weighted by molar-refractivity contribution is 0.118. The summed E-state index contributed by atoms with van der Waals surface area (Å²) in [6.07, 6.45) is 2.80. The molecule has 2 fully saturated rings. The second-order valence-electron chi connectivity index (χ2n) is 6.84. The zero-order valence-corrected chi connectivity index (χ0v) is 11.0. The molecule has 0 amide bonds. The van der Waals surface area contributed by atoms with Crippen LogP contribution in [0.3, 0.4) is 0 Å². The average Bonchev–Trinajstić information content (AvgIpc) is 2.56. The van der Waals surface area contributed by atoms with Crippen molar-refractivity contribution in [1.29, 1.82) is 0 Å². The maximum absolute atomic E-state index is 2.70. The van der Waals surface area contributed by atoms with E-state index in [1.807, 2.05) is 0 Å². The van der Waals surface area contributed by atoms with Gasteiger partial charge in [0.15, 0.2) is 0 Å². The molecule has 1 unspecified atom stereocenters. The monoisotopic (exact) mass is 210 g/mol. The predicted octanol–water partition coefficient (Wildman–Crippen LogP) is 2.20. The van der Waals surface area contributed by atoms with Crippen LogP contribution < -0.4 is 0 Å². The second kappa shape index (κ2) is 3.46. The Morgan fingerprint density at radius 1 is 1.20 bits per heavy atom. The molecule has 0 aliphatic carbocycles. The first-order valence-electron chi connectivity index (χ1n) is 6.28. The zero-order chi connectivity index (χ0) is 11.3. The van der Waals surface area contributed by atoms with Crippen LogP contribution in [-0.2, 0) is 0 Å². The first-order valence-corrected chi connectivity index (χ1v) is 6.28. The second-order valence-corrected chi connectivity index (χ2v) is 6.84. The Kier molecular flexibility index (Phi) is 2.63. The molecule has 2 saturated heterocycles.